The number of aryl methyl sites for hydroxylation is 1. The Hall–Kier alpha value is -2.73. The number of oxazole rings is 1. The lowest BCUT2D eigenvalue weighted by Gasteiger charge is -2.04. The number of aromatic nitrogens is 2. The highest BCUT2D eigenvalue weighted by Crippen LogP contribution is 2.26. The van der Waals surface area contributed by atoms with Crippen LogP contribution in [0, 0.1) is 6.92 Å². The van der Waals surface area contributed by atoms with E-state index in [0.717, 1.165) is 15.2 Å². The van der Waals surface area contributed by atoms with Gasteiger partial charge in [-0.1, -0.05) is 0 Å². The van der Waals surface area contributed by atoms with Crippen LogP contribution in [0.2, 0.25) is 0 Å². The first-order chi connectivity index (χ1) is 10.7. The molecular formula is C16H10N2O3S. The van der Waals surface area contributed by atoms with Crippen LogP contribution in [-0.4, -0.2) is 15.9 Å². The molecule has 4 rings (SSSR count). The standard InChI is InChI=1S/C16H10N2O3S/c1-9-18-13-7-11(3-5-15(13)22-9)21-16(19)10-2-4-14-12(6-10)17-8-20-14/h2-8H,1H3. The number of fused-ring (bicyclic) bond motifs is 2. The minimum atomic E-state index is -0.434. The number of thiazole rings is 1. The molecule has 0 aliphatic rings. The third-order valence-electron chi connectivity index (χ3n) is 3.24. The minimum Gasteiger partial charge on any atom is -0.443 e. The summed E-state index contributed by atoms with van der Waals surface area (Å²) in [5, 5.41) is 0.981. The number of carbonyl (C=O) groups excluding carboxylic acids is 1. The van der Waals surface area contributed by atoms with Gasteiger partial charge in [-0.25, -0.2) is 14.8 Å². The van der Waals surface area contributed by atoms with E-state index in [0.29, 0.717) is 22.4 Å². The van der Waals surface area contributed by atoms with Crippen molar-refractivity contribution in [3.63, 3.8) is 0 Å². The number of hydrogen-bond donors (Lipinski definition) is 0. The van der Waals surface area contributed by atoms with Gasteiger partial charge in [0.1, 0.15) is 11.3 Å². The lowest BCUT2D eigenvalue weighted by Crippen LogP contribution is -2.08. The Bertz CT molecular complexity index is 1000. The maximum Gasteiger partial charge on any atom is 0.343 e. The number of carbonyl (C=O) groups is 1. The van der Waals surface area contributed by atoms with Gasteiger partial charge in [0.05, 0.1) is 20.8 Å². The zero-order valence-corrected chi connectivity index (χ0v) is 12.4. The van der Waals surface area contributed by atoms with Crippen LogP contribution in [0.3, 0.4) is 0 Å². The van der Waals surface area contributed by atoms with E-state index in [1.807, 2.05) is 13.0 Å². The Morgan fingerprint density at radius 2 is 2.09 bits per heavy atom. The number of rotatable bonds is 2. The van der Waals surface area contributed by atoms with Crippen molar-refractivity contribution in [1.29, 1.82) is 0 Å². The van der Waals surface area contributed by atoms with E-state index in [4.69, 9.17) is 9.15 Å². The van der Waals surface area contributed by atoms with E-state index in [1.54, 1.807) is 41.7 Å². The van der Waals surface area contributed by atoms with Crippen LogP contribution in [0.1, 0.15) is 15.4 Å². The summed E-state index contributed by atoms with van der Waals surface area (Å²) in [6.07, 6.45) is 1.35. The first-order valence-electron chi connectivity index (χ1n) is 6.62. The van der Waals surface area contributed by atoms with Gasteiger partial charge < -0.3 is 9.15 Å². The van der Waals surface area contributed by atoms with Crippen molar-refractivity contribution in [3.05, 3.63) is 53.4 Å². The van der Waals surface area contributed by atoms with Crippen LogP contribution in [0.5, 0.6) is 5.75 Å². The largest absolute Gasteiger partial charge is 0.443 e. The summed E-state index contributed by atoms with van der Waals surface area (Å²) < 4.78 is 11.6. The van der Waals surface area contributed by atoms with Crippen molar-refractivity contribution in [1.82, 2.24) is 9.97 Å². The molecule has 0 bridgehead atoms. The van der Waals surface area contributed by atoms with Gasteiger partial charge in [-0.2, -0.15) is 0 Å². The second-order valence-corrected chi connectivity index (χ2v) is 6.02. The average molecular weight is 310 g/mol. The van der Waals surface area contributed by atoms with E-state index in [9.17, 15) is 4.79 Å². The number of hydrogen-bond acceptors (Lipinski definition) is 6. The van der Waals surface area contributed by atoms with E-state index in [1.165, 1.54) is 6.39 Å². The van der Waals surface area contributed by atoms with E-state index in [2.05, 4.69) is 9.97 Å². The zero-order valence-electron chi connectivity index (χ0n) is 11.6. The molecule has 2 heterocycles. The maximum atomic E-state index is 12.2. The van der Waals surface area contributed by atoms with Crippen LogP contribution >= 0.6 is 11.3 Å². The van der Waals surface area contributed by atoms with Crippen molar-refractivity contribution in [2.45, 2.75) is 6.92 Å². The van der Waals surface area contributed by atoms with Crippen LogP contribution < -0.4 is 4.74 Å². The third-order valence-corrected chi connectivity index (χ3v) is 4.19. The molecule has 0 saturated heterocycles. The van der Waals surface area contributed by atoms with Gasteiger partial charge in [-0.3, -0.25) is 0 Å². The lowest BCUT2D eigenvalue weighted by molar-refractivity contribution is 0.0735. The number of benzene rings is 2. The summed E-state index contributed by atoms with van der Waals surface area (Å²) in [5.74, 6) is 0.0410. The molecule has 0 fully saturated rings. The van der Waals surface area contributed by atoms with Crippen molar-refractivity contribution in [2.24, 2.45) is 0 Å². The molecule has 0 aliphatic carbocycles. The molecule has 2 aromatic heterocycles. The van der Waals surface area contributed by atoms with Gasteiger partial charge >= 0.3 is 5.97 Å². The number of esters is 1. The number of ether oxygens (including phenoxy) is 1. The highest BCUT2D eigenvalue weighted by Gasteiger charge is 2.12. The molecule has 22 heavy (non-hydrogen) atoms. The smallest absolute Gasteiger partial charge is 0.343 e. The SMILES string of the molecule is Cc1nc2cc(OC(=O)c3ccc4ocnc4c3)ccc2s1. The average Bonchev–Trinajstić information content (AvgIpc) is 3.10. The van der Waals surface area contributed by atoms with Gasteiger partial charge in [0, 0.05) is 6.07 Å². The normalized spacial score (nSPS) is 11.1. The zero-order chi connectivity index (χ0) is 15.1. The molecule has 0 saturated carbocycles. The molecule has 0 amide bonds. The monoisotopic (exact) mass is 310 g/mol. The first-order valence-corrected chi connectivity index (χ1v) is 7.43. The molecule has 0 atom stereocenters. The molecule has 2 aromatic carbocycles. The fraction of sp³-hybridized carbons (Fsp3) is 0.0625. The van der Waals surface area contributed by atoms with Crippen LogP contribution in [0.25, 0.3) is 21.3 Å². The topological polar surface area (TPSA) is 65.2 Å². The Balaban J connectivity index is 1.64. The lowest BCUT2D eigenvalue weighted by atomic mass is 10.2. The van der Waals surface area contributed by atoms with E-state index >= 15 is 0 Å². The van der Waals surface area contributed by atoms with Crippen molar-refractivity contribution >= 4 is 38.6 Å². The highest BCUT2D eigenvalue weighted by atomic mass is 32.1. The maximum absolute atomic E-state index is 12.2. The summed E-state index contributed by atoms with van der Waals surface area (Å²) in [5.41, 5.74) is 2.52. The Morgan fingerprint density at radius 1 is 1.18 bits per heavy atom. The molecule has 6 heteroatoms. The Labute approximate surface area is 129 Å². The van der Waals surface area contributed by atoms with E-state index in [-0.39, 0.29) is 0 Å². The van der Waals surface area contributed by atoms with Gasteiger partial charge in [0.2, 0.25) is 0 Å². The second-order valence-electron chi connectivity index (χ2n) is 4.79. The molecule has 5 nitrogen and oxygen atoms in total. The molecule has 0 spiro atoms. The second kappa shape index (κ2) is 4.92. The molecule has 108 valence electrons. The van der Waals surface area contributed by atoms with Crippen LogP contribution in [0.4, 0.5) is 0 Å². The first kappa shape index (κ1) is 13.0. The number of nitrogens with zero attached hydrogens (tertiary/aromatic N) is 2. The van der Waals surface area contributed by atoms with Crippen LogP contribution in [-0.2, 0) is 0 Å². The van der Waals surface area contributed by atoms with Gasteiger partial charge in [-0.15, -0.1) is 11.3 Å². The Kier molecular flexibility index (Phi) is 2.90. The van der Waals surface area contributed by atoms with Gasteiger partial charge in [-0.05, 0) is 37.3 Å². The minimum absolute atomic E-state index is 0.427. The summed E-state index contributed by atoms with van der Waals surface area (Å²) >= 11 is 1.61. The predicted octanol–water partition coefficient (Wildman–Crippen LogP) is 3.97. The molecule has 0 N–H and O–H groups in total. The highest BCUT2D eigenvalue weighted by molar-refractivity contribution is 7.18. The van der Waals surface area contributed by atoms with Gasteiger partial charge in [0.15, 0.2) is 12.0 Å². The predicted molar refractivity (Wildman–Crippen MR) is 83.3 cm³/mol. The molecular weight excluding hydrogens is 300 g/mol. The molecule has 4 aromatic rings. The van der Waals surface area contributed by atoms with Crippen molar-refractivity contribution < 1.29 is 13.9 Å². The van der Waals surface area contributed by atoms with Crippen molar-refractivity contribution in [2.75, 3.05) is 0 Å². The Morgan fingerprint density at radius 3 is 3.00 bits per heavy atom. The quantitative estimate of drug-likeness (QED) is 0.414. The summed E-state index contributed by atoms with van der Waals surface area (Å²) in [4.78, 5) is 20.6. The molecule has 0 radical (unpaired) electrons. The fourth-order valence-corrected chi connectivity index (χ4v) is 3.04. The summed E-state index contributed by atoms with van der Waals surface area (Å²) in [7, 11) is 0. The third kappa shape index (κ3) is 2.23. The summed E-state index contributed by atoms with van der Waals surface area (Å²) in [6.45, 7) is 1.95. The van der Waals surface area contributed by atoms with E-state index < -0.39 is 5.97 Å². The summed E-state index contributed by atoms with van der Waals surface area (Å²) in [6, 6.07) is 10.4. The van der Waals surface area contributed by atoms with Gasteiger partial charge in [0.25, 0.3) is 0 Å². The van der Waals surface area contributed by atoms with Crippen LogP contribution in [0.15, 0.2) is 47.2 Å². The fourth-order valence-electron chi connectivity index (χ4n) is 2.24. The molecule has 0 unspecified atom stereocenters. The van der Waals surface area contributed by atoms with Crippen molar-refractivity contribution in [3.8, 4) is 5.75 Å². The molecule has 0 aliphatic heterocycles.